The van der Waals surface area contributed by atoms with E-state index in [0.29, 0.717) is 42.9 Å². The molecule has 0 radical (unpaired) electrons. The standard InChI is InChI=1S/C36H44O9S/c1-22-17-32(25(35(2,3)4)20-29(22)44-16-15-37)46-33-28(40)21-36(45-34(33)41,13-11-23-7-9-26(38)30(18-23)42-5)14-12-24-8-10-27(39)31(19-24)43-6/h7-10,17-20,33,37-39H,11-16,21H2,1-6H3. The van der Waals surface area contributed by atoms with Crippen molar-refractivity contribution in [1.82, 2.24) is 0 Å². The normalized spacial score (nSPS) is 16.2. The summed E-state index contributed by atoms with van der Waals surface area (Å²) in [5, 5.41) is 28.3. The van der Waals surface area contributed by atoms with Crippen LogP contribution in [0.25, 0.3) is 0 Å². The summed E-state index contributed by atoms with van der Waals surface area (Å²) in [5.74, 6) is 0.606. The number of phenolic OH excluding ortho intramolecular Hbond substituents is 2. The molecule has 0 amide bonds. The van der Waals surface area contributed by atoms with Crippen LogP contribution in [0.2, 0.25) is 0 Å². The summed E-state index contributed by atoms with van der Waals surface area (Å²) in [7, 11) is 2.96. The first kappa shape index (κ1) is 35.0. The minimum absolute atomic E-state index is 0.0271. The smallest absolute Gasteiger partial charge is 0.327 e. The maximum atomic E-state index is 13.9. The fourth-order valence-electron chi connectivity index (χ4n) is 5.64. The molecule has 1 aliphatic heterocycles. The van der Waals surface area contributed by atoms with Crippen molar-refractivity contribution < 1.29 is 43.9 Å². The van der Waals surface area contributed by atoms with Crippen molar-refractivity contribution in [1.29, 1.82) is 0 Å². The second-order valence-electron chi connectivity index (χ2n) is 12.7. The Kier molecular flexibility index (Phi) is 11.2. The Bertz CT molecular complexity index is 1480. The largest absolute Gasteiger partial charge is 0.504 e. The number of hydrogen-bond acceptors (Lipinski definition) is 10. The minimum atomic E-state index is -1.06. The van der Waals surface area contributed by atoms with Gasteiger partial charge in [0.1, 0.15) is 18.0 Å². The summed E-state index contributed by atoms with van der Waals surface area (Å²) in [5.41, 5.74) is 2.13. The highest BCUT2D eigenvalue weighted by molar-refractivity contribution is 8.01. The van der Waals surface area contributed by atoms with Gasteiger partial charge in [0.15, 0.2) is 34.0 Å². The molecule has 1 aliphatic rings. The first-order valence-corrected chi connectivity index (χ1v) is 16.2. The lowest BCUT2D eigenvalue weighted by molar-refractivity contribution is -0.171. The zero-order valence-electron chi connectivity index (χ0n) is 27.3. The molecule has 1 unspecified atom stereocenters. The zero-order valence-corrected chi connectivity index (χ0v) is 28.2. The van der Waals surface area contributed by atoms with Crippen molar-refractivity contribution >= 4 is 23.5 Å². The van der Waals surface area contributed by atoms with Gasteiger partial charge in [-0.05, 0) is 96.7 Å². The van der Waals surface area contributed by atoms with E-state index in [0.717, 1.165) is 27.1 Å². The lowest BCUT2D eigenvalue weighted by atomic mass is 9.82. The second-order valence-corrected chi connectivity index (χ2v) is 13.8. The third-order valence-corrected chi connectivity index (χ3v) is 9.51. The molecule has 1 heterocycles. The number of ketones is 1. The third-order valence-electron chi connectivity index (χ3n) is 8.23. The summed E-state index contributed by atoms with van der Waals surface area (Å²) in [6.45, 7) is 8.12. The molecule has 9 nitrogen and oxygen atoms in total. The van der Waals surface area contributed by atoms with Crippen molar-refractivity contribution in [2.24, 2.45) is 0 Å². The van der Waals surface area contributed by atoms with Crippen LogP contribution in [0.4, 0.5) is 0 Å². The molecule has 46 heavy (non-hydrogen) atoms. The number of carbonyl (C=O) groups excluding carboxylic acids is 2. The van der Waals surface area contributed by atoms with Gasteiger partial charge in [-0.25, -0.2) is 0 Å². The molecule has 4 rings (SSSR count). The fourth-order valence-corrected chi connectivity index (χ4v) is 6.99. The summed E-state index contributed by atoms with van der Waals surface area (Å²) < 4.78 is 22.6. The summed E-state index contributed by atoms with van der Waals surface area (Å²) >= 11 is 1.21. The number of esters is 1. The first-order chi connectivity index (χ1) is 21.8. The van der Waals surface area contributed by atoms with Crippen molar-refractivity contribution in [3.63, 3.8) is 0 Å². The predicted octanol–water partition coefficient (Wildman–Crippen LogP) is 6.07. The molecule has 0 saturated carbocycles. The lowest BCUT2D eigenvalue weighted by Gasteiger charge is -2.39. The number of aromatic hydroxyl groups is 2. The van der Waals surface area contributed by atoms with Crippen LogP contribution in [0.15, 0.2) is 53.4 Å². The number of carbonyl (C=O) groups is 2. The van der Waals surface area contributed by atoms with E-state index in [4.69, 9.17) is 18.9 Å². The van der Waals surface area contributed by atoms with Crippen LogP contribution >= 0.6 is 11.8 Å². The molecule has 3 aromatic carbocycles. The molecule has 0 spiro atoms. The highest BCUT2D eigenvalue weighted by atomic mass is 32.2. The Morgan fingerprint density at radius 2 is 1.46 bits per heavy atom. The van der Waals surface area contributed by atoms with Gasteiger partial charge in [0.2, 0.25) is 0 Å². The number of rotatable bonds is 13. The van der Waals surface area contributed by atoms with Gasteiger partial charge in [-0.1, -0.05) is 32.9 Å². The fraction of sp³-hybridized carbons (Fsp3) is 0.444. The predicted molar refractivity (Wildman–Crippen MR) is 177 cm³/mol. The van der Waals surface area contributed by atoms with Gasteiger partial charge in [-0.3, -0.25) is 9.59 Å². The number of thioether (sulfide) groups is 1. The molecule has 1 saturated heterocycles. The monoisotopic (exact) mass is 652 g/mol. The molecule has 3 N–H and O–H groups in total. The molecule has 0 aromatic heterocycles. The average molecular weight is 653 g/mol. The highest BCUT2D eigenvalue weighted by Gasteiger charge is 2.47. The molecular weight excluding hydrogens is 608 g/mol. The van der Waals surface area contributed by atoms with Crippen molar-refractivity contribution in [3.8, 4) is 28.7 Å². The number of cyclic esters (lactones) is 1. The van der Waals surface area contributed by atoms with E-state index in [2.05, 4.69) is 20.8 Å². The van der Waals surface area contributed by atoms with E-state index in [1.54, 1.807) is 36.4 Å². The van der Waals surface area contributed by atoms with Crippen LogP contribution in [0, 0.1) is 6.92 Å². The van der Waals surface area contributed by atoms with Crippen LogP contribution in [-0.2, 0) is 32.6 Å². The maximum absolute atomic E-state index is 13.9. The number of hydrogen-bond donors (Lipinski definition) is 3. The topological polar surface area (TPSA) is 132 Å². The van der Waals surface area contributed by atoms with Crippen LogP contribution in [0.1, 0.15) is 62.3 Å². The zero-order chi connectivity index (χ0) is 33.6. The number of aliphatic hydroxyl groups excluding tert-OH is 1. The quantitative estimate of drug-likeness (QED) is 0.148. The number of benzene rings is 3. The van der Waals surface area contributed by atoms with Gasteiger partial charge in [0.25, 0.3) is 0 Å². The lowest BCUT2D eigenvalue weighted by Crippen LogP contribution is -2.49. The SMILES string of the molecule is COc1cc(CCC2(CCc3ccc(O)c(OC)c3)CC(=O)C(Sc3cc(C)c(OCCO)cc3C(C)(C)C)C(=O)O2)ccc1O. The molecule has 1 fully saturated rings. The molecule has 0 aliphatic carbocycles. The van der Waals surface area contributed by atoms with E-state index >= 15 is 0 Å². The van der Waals surface area contributed by atoms with E-state index < -0.39 is 16.8 Å². The minimum Gasteiger partial charge on any atom is -0.504 e. The molecule has 0 bridgehead atoms. The average Bonchev–Trinajstić information content (AvgIpc) is 3.01. The van der Waals surface area contributed by atoms with Crippen molar-refractivity contribution in [2.45, 2.75) is 81.0 Å². The van der Waals surface area contributed by atoms with E-state index in [9.17, 15) is 24.9 Å². The first-order valence-electron chi connectivity index (χ1n) is 15.3. The summed E-state index contributed by atoms with van der Waals surface area (Å²) in [6, 6.07) is 14.0. The van der Waals surface area contributed by atoms with Gasteiger partial charge in [0.05, 0.1) is 20.8 Å². The van der Waals surface area contributed by atoms with E-state index in [1.165, 1.54) is 26.0 Å². The Morgan fingerprint density at radius 3 is 1.93 bits per heavy atom. The second kappa shape index (κ2) is 14.7. The summed E-state index contributed by atoms with van der Waals surface area (Å²) in [6.07, 6.45) is 1.78. The summed E-state index contributed by atoms with van der Waals surface area (Å²) in [4.78, 5) is 28.5. The van der Waals surface area contributed by atoms with Gasteiger partial charge in [0, 0.05) is 11.3 Å². The van der Waals surface area contributed by atoms with Crippen LogP contribution in [0.3, 0.4) is 0 Å². The molecule has 248 valence electrons. The molecule has 3 aromatic rings. The van der Waals surface area contributed by atoms with E-state index in [1.807, 2.05) is 19.1 Å². The maximum Gasteiger partial charge on any atom is 0.327 e. The van der Waals surface area contributed by atoms with E-state index in [-0.39, 0.29) is 42.3 Å². The number of Topliss-reactive ketones (excluding diaryl/α,β-unsaturated/α-hetero) is 1. The van der Waals surface area contributed by atoms with Gasteiger partial charge in [-0.2, -0.15) is 0 Å². The molecule has 10 heteroatoms. The molecular formula is C36H44O9S. The Morgan fingerprint density at radius 1 is 0.891 bits per heavy atom. The third kappa shape index (κ3) is 8.27. The number of aryl methyl sites for hydroxylation is 3. The number of phenols is 2. The van der Waals surface area contributed by atoms with Crippen molar-refractivity contribution in [3.05, 3.63) is 70.8 Å². The Balaban J connectivity index is 1.61. The Labute approximate surface area is 274 Å². The number of aliphatic hydroxyl groups is 1. The van der Waals surface area contributed by atoms with Crippen molar-refractivity contribution in [2.75, 3.05) is 27.4 Å². The van der Waals surface area contributed by atoms with Crippen LogP contribution in [0.5, 0.6) is 28.7 Å². The molecule has 1 atom stereocenters. The van der Waals surface area contributed by atoms with Crippen LogP contribution < -0.4 is 14.2 Å². The number of ether oxygens (including phenoxy) is 4. The van der Waals surface area contributed by atoms with Gasteiger partial charge in [-0.15, -0.1) is 11.8 Å². The number of methoxy groups -OCH3 is 2. The highest BCUT2D eigenvalue weighted by Crippen LogP contribution is 2.43. The van der Waals surface area contributed by atoms with Gasteiger partial charge < -0.3 is 34.3 Å². The van der Waals surface area contributed by atoms with Crippen LogP contribution in [-0.4, -0.2) is 65.4 Å². The van der Waals surface area contributed by atoms with Gasteiger partial charge >= 0.3 is 5.97 Å². The Hall–Kier alpha value is -3.89.